The lowest BCUT2D eigenvalue weighted by Crippen LogP contribution is -2.00. The monoisotopic (exact) mass is 881 g/mol. The van der Waals surface area contributed by atoms with Crippen LogP contribution in [0.25, 0.3) is 133 Å². The van der Waals surface area contributed by atoms with Gasteiger partial charge in [0, 0.05) is 60.3 Å². The van der Waals surface area contributed by atoms with E-state index >= 15 is 0 Å². The van der Waals surface area contributed by atoms with Gasteiger partial charge in [-0.15, -0.1) is 0 Å². The van der Waals surface area contributed by atoms with Gasteiger partial charge in [0.25, 0.3) is 0 Å². The average Bonchev–Trinajstić information content (AvgIpc) is 4.10. The third-order valence-electron chi connectivity index (χ3n) is 13.6. The summed E-state index contributed by atoms with van der Waals surface area (Å²) in [5.74, 6) is 1.85. The molecule has 322 valence electrons. The summed E-state index contributed by atoms with van der Waals surface area (Å²) >= 11 is 0. The highest BCUT2D eigenvalue weighted by atomic mass is 16.3. The van der Waals surface area contributed by atoms with Crippen LogP contribution in [0, 0.1) is 0 Å². The SMILES string of the molecule is c1ccc(-c2ccc(-c3nc(-c4ccccc4)nc(-c4ccc(-n5c6ccccc6c6ccc7c8ccc9c%10ccccc%10n(-c%10ccccc%10-c%10ccccc%10)c9c8oc7c65)cc4)n3)cc2)cc1. The maximum atomic E-state index is 7.38. The van der Waals surface area contributed by atoms with Crippen molar-refractivity contribution in [3.8, 4) is 67.8 Å². The molecule has 69 heavy (non-hydrogen) atoms. The highest BCUT2D eigenvalue weighted by molar-refractivity contribution is 6.26. The van der Waals surface area contributed by atoms with Gasteiger partial charge in [0.1, 0.15) is 0 Å². The Bertz CT molecular complexity index is 4270. The fourth-order valence-electron chi connectivity index (χ4n) is 10.4. The molecule has 0 radical (unpaired) electrons. The molecular formula is C63H39N5O. The third-order valence-corrected chi connectivity index (χ3v) is 13.6. The number of furan rings is 1. The molecule has 0 aliphatic heterocycles. The molecule has 0 amide bonds. The van der Waals surface area contributed by atoms with Crippen molar-refractivity contribution >= 4 is 65.6 Å². The summed E-state index contributed by atoms with van der Waals surface area (Å²) in [5, 5.41) is 6.74. The molecule has 0 aliphatic carbocycles. The standard InChI is InChI=1S/C63H39N5O/c1-4-16-40(17-5-1)41-28-30-44(31-29-41)62-64-61(43-20-8-3-9-21-43)65-63(66-62)45-32-34-46(35-33-45)67-55-26-14-11-23-48(55)50-36-38-52-53-39-37-51-49-24-12-15-27-56(49)68(58(51)60(53)69-59(52)57(50)67)54-25-13-10-22-47(54)42-18-6-2-7-19-42/h1-39H. The number of nitrogens with zero attached hydrogens (tertiary/aromatic N) is 5. The zero-order chi connectivity index (χ0) is 45.4. The van der Waals surface area contributed by atoms with Crippen LogP contribution in [-0.4, -0.2) is 24.1 Å². The molecule has 0 aliphatic rings. The first-order valence-corrected chi connectivity index (χ1v) is 23.3. The van der Waals surface area contributed by atoms with Gasteiger partial charge in [-0.1, -0.05) is 182 Å². The number of rotatable bonds is 7. The van der Waals surface area contributed by atoms with Gasteiger partial charge < -0.3 is 13.6 Å². The van der Waals surface area contributed by atoms with Crippen molar-refractivity contribution in [1.29, 1.82) is 0 Å². The molecule has 0 unspecified atom stereocenters. The van der Waals surface area contributed by atoms with Crippen molar-refractivity contribution in [2.24, 2.45) is 0 Å². The maximum absolute atomic E-state index is 7.38. The molecule has 14 aromatic rings. The Morgan fingerprint density at radius 1 is 0.275 bits per heavy atom. The topological polar surface area (TPSA) is 61.7 Å². The third kappa shape index (κ3) is 6.23. The van der Waals surface area contributed by atoms with Gasteiger partial charge in [-0.2, -0.15) is 0 Å². The van der Waals surface area contributed by atoms with E-state index in [1.54, 1.807) is 0 Å². The van der Waals surface area contributed by atoms with Crippen molar-refractivity contribution in [2.75, 3.05) is 0 Å². The van der Waals surface area contributed by atoms with Crippen LogP contribution in [-0.2, 0) is 0 Å². The molecule has 4 aromatic heterocycles. The van der Waals surface area contributed by atoms with Gasteiger partial charge in [-0.05, 0) is 71.3 Å². The highest BCUT2D eigenvalue weighted by Crippen LogP contribution is 2.45. The molecule has 10 aromatic carbocycles. The smallest absolute Gasteiger partial charge is 0.164 e. The van der Waals surface area contributed by atoms with Crippen molar-refractivity contribution in [3.05, 3.63) is 237 Å². The fourth-order valence-corrected chi connectivity index (χ4v) is 10.4. The molecule has 0 fully saturated rings. The van der Waals surface area contributed by atoms with E-state index in [0.717, 1.165) is 110 Å². The minimum absolute atomic E-state index is 0.604. The zero-order valence-corrected chi connectivity index (χ0v) is 37.2. The Balaban J connectivity index is 0.949. The molecule has 0 N–H and O–H groups in total. The molecule has 0 bridgehead atoms. The first-order valence-electron chi connectivity index (χ1n) is 23.3. The normalized spacial score (nSPS) is 11.8. The molecule has 6 nitrogen and oxygen atoms in total. The molecule has 0 spiro atoms. The van der Waals surface area contributed by atoms with Crippen molar-refractivity contribution in [2.45, 2.75) is 0 Å². The van der Waals surface area contributed by atoms with E-state index in [9.17, 15) is 0 Å². The summed E-state index contributed by atoms with van der Waals surface area (Å²) in [7, 11) is 0. The Kier molecular flexibility index (Phi) is 8.79. The summed E-state index contributed by atoms with van der Waals surface area (Å²) in [6.45, 7) is 0. The number of hydrogen-bond donors (Lipinski definition) is 0. The van der Waals surface area contributed by atoms with Crippen LogP contribution >= 0.6 is 0 Å². The Morgan fingerprint density at radius 3 is 1.25 bits per heavy atom. The first kappa shape index (κ1) is 38.8. The van der Waals surface area contributed by atoms with E-state index < -0.39 is 0 Å². The second-order valence-corrected chi connectivity index (χ2v) is 17.5. The molecule has 0 atom stereocenters. The first-order chi connectivity index (χ1) is 34.2. The predicted octanol–water partition coefficient (Wildman–Crippen LogP) is 16.3. The van der Waals surface area contributed by atoms with E-state index in [2.05, 4.69) is 209 Å². The number of benzene rings is 10. The van der Waals surface area contributed by atoms with Gasteiger partial charge >= 0.3 is 0 Å². The van der Waals surface area contributed by atoms with E-state index in [-0.39, 0.29) is 0 Å². The number of aromatic nitrogens is 5. The fraction of sp³-hybridized carbons (Fsp3) is 0. The van der Waals surface area contributed by atoms with Crippen LogP contribution in [0.5, 0.6) is 0 Å². The lowest BCUT2D eigenvalue weighted by Gasteiger charge is -2.14. The van der Waals surface area contributed by atoms with Gasteiger partial charge in [-0.3, -0.25) is 0 Å². The van der Waals surface area contributed by atoms with Crippen LogP contribution < -0.4 is 0 Å². The largest absolute Gasteiger partial charge is 0.452 e. The summed E-state index contributed by atoms with van der Waals surface area (Å²) in [5.41, 5.74) is 15.5. The second kappa shape index (κ2) is 15.6. The van der Waals surface area contributed by atoms with E-state index in [1.807, 2.05) is 36.4 Å². The van der Waals surface area contributed by atoms with Crippen LogP contribution in [0.1, 0.15) is 0 Å². The van der Waals surface area contributed by atoms with Gasteiger partial charge in [0.05, 0.1) is 27.8 Å². The summed E-state index contributed by atoms with van der Waals surface area (Å²) in [6.07, 6.45) is 0. The Labute approximate surface area is 396 Å². The van der Waals surface area contributed by atoms with Crippen molar-refractivity contribution in [3.63, 3.8) is 0 Å². The summed E-state index contributed by atoms with van der Waals surface area (Å²) < 4.78 is 12.1. The molecule has 4 heterocycles. The van der Waals surface area contributed by atoms with Crippen LogP contribution in [0.2, 0.25) is 0 Å². The van der Waals surface area contributed by atoms with Crippen LogP contribution in [0.4, 0.5) is 0 Å². The predicted molar refractivity (Wildman–Crippen MR) is 283 cm³/mol. The maximum Gasteiger partial charge on any atom is 0.164 e. The lowest BCUT2D eigenvalue weighted by molar-refractivity contribution is 0.673. The van der Waals surface area contributed by atoms with Crippen LogP contribution in [0.3, 0.4) is 0 Å². The molecule has 0 saturated carbocycles. The Morgan fingerprint density at radius 2 is 0.667 bits per heavy atom. The summed E-state index contributed by atoms with van der Waals surface area (Å²) in [4.78, 5) is 15.2. The minimum Gasteiger partial charge on any atom is -0.452 e. The van der Waals surface area contributed by atoms with Crippen molar-refractivity contribution in [1.82, 2.24) is 24.1 Å². The van der Waals surface area contributed by atoms with Crippen molar-refractivity contribution < 1.29 is 4.42 Å². The van der Waals surface area contributed by atoms with E-state index in [4.69, 9.17) is 19.4 Å². The molecule has 14 rings (SSSR count). The quantitative estimate of drug-likeness (QED) is 0.160. The Hall–Kier alpha value is -9.39. The average molecular weight is 882 g/mol. The zero-order valence-electron chi connectivity index (χ0n) is 37.2. The number of fused-ring (bicyclic) bond motifs is 11. The number of para-hydroxylation sites is 3. The van der Waals surface area contributed by atoms with Crippen LogP contribution in [0.15, 0.2) is 241 Å². The van der Waals surface area contributed by atoms with Gasteiger partial charge in [0.2, 0.25) is 0 Å². The second-order valence-electron chi connectivity index (χ2n) is 17.5. The number of hydrogen-bond acceptors (Lipinski definition) is 4. The molecule has 0 saturated heterocycles. The van der Waals surface area contributed by atoms with Gasteiger partial charge in [-0.25, -0.2) is 15.0 Å². The lowest BCUT2D eigenvalue weighted by atomic mass is 10.0. The molecule has 6 heteroatoms. The highest BCUT2D eigenvalue weighted by Gasteiger charge is 2.24. The summed E-state index contributed by atoms with van der Waals surface area (Å²) in [6, 6.07) is 83.1. The minimum atomic E-state index is 0.604. The van der Waals surface area contributed by atoms with E-state index in [1.165, 1.54) is 5.39 Å². The van der Waals surface area contributed by atoms with Gasteiger partial charge in [0.15, 0.2) is 28.6 Å². The van der Waals surface area contributed by atoms with E-state index in [0.29, 0.717) is 17.5 Å². The molecular weight excluding hydrogens is 843 g/mol.